The van der Waals surface area contributed by atoms with Gasteiger partial charge in [-0.05, 0) is 18.3 Å². The van der Waals surface area contributed by atoms with Crippen molar-refractivity contribution < 1.29 is 24.3 Å². The lowest BCUT2D eigenvalue weighted by Gasteiger charge is -2.35. The molecule has 0 unspecified atom stereocenters. The van der Waals surface area contributed by atoms with Crippen LogP contribution in [0.1, 0.15) is 44.9 Å². The lowest BCUT2D eigenvalue weighted by atomic mass is 9.69. The molecule has 0 aromatic heterocycles. The summed E-state index contributed by atoms with van der Waals surface area (Å²) in [7, 11) is 0. The molecule has 7 nitrogen and oxygen atoms in total. The number of amides is 2. The highest BCUT2D eigenvalue weighted by molar-refractivity contribution is 5.88. The Morgan fingerprint density at radius 1 is 1.30 bits per heavy atom. The fourth-order valence-electron chi connectivity index (χ4n) is 3.07. The summed E-state index contributed by atoms with van der Waals surface area (Å²) in [4.78, 5) is 39.2. The van der Waals surface area contributed by atoms with Gasteiger partial charge in [0.1, 0.15) is 12.6 Å². The van der Waals surface area contributed by atoms with Gasteiger partial charge in [-0.3, -0.25) is 19.2 Å². The molecule has 2 fully saturated rings. The van der Waals surface area contributed by atoms with Crippen molar-refractivity contribution in [1.29, 1.82) is 0 Å². The molecule has 0 aromatic carbocycles. The molecule has 2 amide bonds. The van der Waals surface area contributed by atoms with Crippen molar-refractivity contribution in [3.05, 3.63) is 0 Å². The van der Waals surface area contributed by atoms with E-state index in [2.05, 4.69) is 10.8 Å². The minimum absolute atomic E-state index is 0.00772. The minimum Gasteiger partial charge on any atom is -0.481 e. The topological polar surface area (TPSA) is 105 Å². The van der Waals surface area contributed by atoms with Crippen LogP contribution in [0.4, 0.5) is 0 Å². The highest BCUT2D eigenvalue weighted by Crippen LogP contribution is 2.42. The molecule has 20 heavy (non-hydrogen) atoms. The largest absolute Gasteiger partial charge is 0.481 e. The third-order valence-electron chi connectivity index (χ3n) is 4.05. The van der Waals surface area contributed by atoms with Gasteiger partial charge >= 0.3 is 5.97 Å². The van der Waals surface area contributed by atoms with Crippen molar-refractivity contribution in [2.75, 3.05) is 6.61 Å². The Labute approximate surface area is 117 Å². The number of nitrogens with one attached hydrogen (secondary N) is 2. The highest BCUT2D eigenvalue weighted by atomic mass is 16.7. The Kier molecular flexibility index (Phi) is 4.59. The van der Waals surface area contributed by atoms with Crippen LogP contribution in [0.25, 0.3) is 0 Å². The number of carboxylic acid groups (broad SMARTS) is 1. The van der Waals surface area contributed by atoms with Crippen LogP contribution in [0.5, 0.6) is 0 Å². The Morgan fingerprint density at radius 2 is 2.00 bits per heavy atom. The zero-order valence-corrected chi connectivity index (χ0v) is 11.3. The highest BCUT2D eigenvalue weighted by Gasteiger charge is 2.37. The average Bonchev–Trinajstić information content (AvgIpc) is 2.74. The standard InChI is InChI=1S/C13H20N2O5/c16-10(14-9-8-20-15-12(9)19)6-13(7-11(17)18)4-2-1-3-5-13/h9H,1-8H2,(H,14,16)(H,15,19)(H,17,18)/t9-/m1/s1. The zero-order valence-electron chi connectivity index (χ0n) is 11.3. The second kappa shape index (κ2) is 6.21. The van der Waals surface area contributed by atoms with E-state index in [1.165, 1.54) is 0 Å². The number of hydroxylamine groups is 1. The molecular formula is C13H20N2O5. The summed E-state index contributed by atoms with van der Waals surface area (Å²) >= 11 is 0. The molecule has 112 valence electrons. The van der Waals surface area contributed by atoms with Gasteiger partial charge in [-0.25, -0.2) is 5.48 Å². The van der Waals surface area contributed by atoms with Crippen LogP contribution in [0.3, 0.4) is 0 Å². The first kappa shape index (κ1) is 14.8. The molecule has 1 heterocycles. The third kappa shape index (κ3) is 3.69. The molecule has 1 aliphatic heterocycles. The minimum atomic E-state index is -0.873. The summed E-state index contributed by atoms with van der Waals surface area (Å²) in [5.74, 6) is -1.52. The van der Waals surface area contributed by atoms with Crippen molar-refractivity contribution in [1.82, 2.24) is 10.8 Å². The summed E-state index contributed by atoms with van der Waals surface area (Å²) in [5, 5.41) is 11.7. The molecule has 0 bridgehead atoms. The molecule has 0 aromatic rings. The van der Waals surface area contributed by atoms with Crippen LogP contribution < -0.4 is 10.8 Å². The fourth-order valence-corrected chi connectivity index (χ4v) is 3.07. The van der Waals surface area contributed by atoms with Crippen molar-refractivity contribution >= 4 is 17.8 Å². The van der Waals surface area contributed by atoms with Gasteiger partial charge in [0.15, 0.2) is 0 Å². The summed E-state index contributed by atoms with van der Waals surface area (Å²) in [6.07, 6.45) is 4.65. The number of carbonyl (C=O) groups is 3. The van der Waals surface area contributed by atoms with Crippen molar-refractivity contribution in [3.63, 3.8) is 0 Å². The molecule has 0 radical (unpaired) electrons. The van der Waals surface area contributed by atoms with Gasteiger partial charge in [-0.2, -0.15) is 0 Å². The number of rotatable bonds is 5. The molecule has 0 spiro atoms. The zero-order chi connectivity index (χ0) is 14.6. The Bertz CT molecular complexity index is 404. The van der Waals surface area contributed by atoms with Gasteiger partial charge in [-0.1, -0.05) is 19.3 Å². The molecule has 1 saturated carbocycles. The maximum absolute atomic E-state index is 12.1. The van der Waals surface area contributed by atoms with Gasteiger partial charge in [0, 0.05) is 6.42 Å². The quantitative estimate of drug-likeness (QED) is 0.675. The fraction of sp³-hybridized carbons (Fsp3) is 0.769. The van der Waals surface area contributed by atoms with Crippen LogP contribution >= 0.6 is 0 Å². The normalized spacial score (nSPS) is 25.0. The number of carboxylic acids is 1. The number of carbonyl (C=O) groups excluding carboxylic acids is 2. The first-order valence-corrected chi connectivity index (χ1v) is 6.94. The van der Waals surface area contributed by atoms with Crippen LogP contribution in [0.15, 0.2) is 0 Å². The van der Waals surface area contributed by atoms with E-state index in [9.17, 15) is 14.4 Å². The first-order valence-electron chi connectivity index (χ1n) is 6.94. The average molecular weight is 284 g/mol. The maximum Gasteiger partial charge on any atom is 0.303 e. The molecule has 7 heteroatoms. The number of aliphatic carboxylic acids is 1. The van der Waals surface area contributed by atoms with Gasteiger partial charge < -0.3 is 10.4 Å². The second-order valence-electron chi connectivity index (χ2n) is 5.71. The SMILES string of the molecule is O=C(O)CC1(CC(=O)N[C@@H]2CONC2=O)CCCCC1. The van der Waals surface area contributed by atoms with E-state index in [-0.39, 0.29) is 31.3 Å². The van der Waals surface area contributed by atoms with Crippen LogP contribution in [0.2, 0.25) is 0 Å². The molecule has 2 aliphatic rings. The summed E-state index contributed by atoms with van der Waals surface area (Å²) in [6, 6.07) is -0.673. The van der Waals surface area contributed by atoms with E-state index in [0.29, 0.717) is 0 Å². The van der Waals surface area contributed by atoms with E-state index < -0.39 is 17.4 Å². The van der Waals surface area contributed by atoms with Gasteiger partial charge in [0.05, 0.1) is 6.42 Å². The maximum atomic E-state index is 12.1. The van der Waals surface area contributed by atoms with E-state index >= 15 is 0 Å². The van der Waals surface area contributed by atoms with Crippen molar-refractivity contribution in [2.45, 2.75) is 51.0 Å². The monoisotopic (exact) mass is 284 g/mol. The second-order valence-corrected chi connectivity index (χ2v) is 5.71. The molecule has 2 rings (SSSR count). The van der Waals surface area contributed by atoms with Crippen molar-refractivity contribution in [3.8, 4) is 0 Å². The van der Waals surface area contributed by atoms with Crippen LogP contribution in [-0.4, -0.2) is 35.5 Å². The van der Waals surface area contributed by atoms with Gasteiger partial charge in [0.2, 0.25) is 5.91 Å². The third-order valence-corrected chi connectivity index (χ3v) is 4.05. The molecule has 3 N–H and O–H groups in total. The van der Waals surface area contributed by atoms with Gasteiger partial charge in [-0.15, -0.1) is 0 Å². The van der Waals surface area contributed by atoms with Crippen LogP contribution in [0, 0.1) is 5.41 Å². The lowest BCUT2D eigenvalue weighted by molar-refractivity contribution is -0.141. The number of hydrogen-bond donors (Lipinski definition) is 3. The molecule has 1 atom stereocenters. The van der Waals surface area contributed by atoms with Crippen LogP contribution in [-0.2, 0) is 19.2 Å². The number of hydrogen-bond acceptors (Lipinski definition) is 4. The molecule has 1 aliphatic carbocycles. The lowest BCUT2D eigenvalue weighted by Crippen LogP contribution is -2.44. The molecule has 1 saturated heterocycles. The Morgan fingerprint density at radius 3 is 2.55 bits per heavy atom. The first-order chi connectivity index (χ1) is 9.51. The van der Waals surface area contributed by atoms with E-state index in [1.807, 2.05) is 0 Å². The van der Waals surface area contributed by atoms with E-state index in [0.717, 1.165) is 32.1 Å². The molecular weight excluding hydrogens is 264 g/mol. The summed E-state index contributed by atoms with van der Waals surface area (Å²) in [5.41, 5.74) is 1.70. The Hall–Kier alpha value is -1.63. The van der Waals surface area contributed by atoms with Gasteiger partial charge in [0.25, 0.3) is 5.91 Å². The van der Waals surface area contributed by atoms with Crippen molar-refractivity contribution in [2.24, 2.45) is 5.41 Å². The smallest absolute Gasteiger partial charge is 0.303 e. The van der Waals surface area contributed by atoms with E-state index in [1.54, 1.807) is 0 Å². The summed E-state index contributed by atoms with van der Waals surface area (Å²) < 4.78 is 0. The summed E-state index contributed by atoms with van der Waals surface area (Å²) in [6.45, 7) is 0.108. The Balaban J connectivity index is 1.94. The predicted molar refractivity (Wildman–Crippen MR) is 68.4 cm³/mol. The van der Waals surface area contributed by atoms with E-state index in [4.69, 9.17) is 9.94 Å². The predicted octanol–water partition coefficient (Wildman–Crippen LogP) is 0.348.